The van der Waals surface area contributed by atoms with Gasteiger partial charge >= 0.3 is 5.97 Å². The van der Waals surface area contributed by atoms with E-state index < -0.39 is 5.97 Å². The highest BCUT2D eigenvalue weighted by atomic mass is 16.5. The summed E-state index contributed by atoms with van der Waals surface area (Å²) in [6.07, 6.45) is 7.50. The van der Waals surface area contributed by atoms with Gasteiger partial charge in [-0.3, -0.25) is 9.69 Å². The van der Waals surface area contributed by atoms with Crippen LogP contribution in [-0.2, 0) is 22.4 Å². The van der Waals surface area contributed by atoms with Gasteiger partial charge in [-0.25, -0.2) is 9.48 Å². The molecule has 4 rings (SSSR count). The fraction of sp³-hybridized carbons (Fsp3) is 0.500. The molecule has 2 aromatic carbocycles. The van der Waals surface area contributed by atoms with E-state index in [0.717, 1.165) is 44.2 Å². The monoisotopic (exact) mass is 543 g/mol. The lowest BCUT2D eigenvalue weighted by Crippen LogP contribution is -2.43. The molecule has 1 aromatic heterocycles. The lowest BCUT2D eigenvalue weighted by atomic mass is 9.80. The minimum atomic E-state index is -0.459. The molecule has 1 aliphatic carbocycles. The molecule has 0 spiro atoms. The summed E-state index contributed by atoms with van der Waals surface area (Å²) in [6.45, 7) is 12.8. The van der Waals surface area contributed by atoms with Gasteiger partial charge in [-0.2, -0.15) is 0 Å². The number of anilines is 1. The lowest BCUT2D eigenvalue weighted by molar-refractivity contribution is -0.124. The van der Waals surface area contributed by atoms with Crippen LogP contribution < -0.4 is 4.90 Å². The van der Waals surface area contributed by atoms with Gasteiger partial charge in [0, 0.05) is 18.2 Å². The van der Waals surface area contributed by atoms with Crippen LogP contribution in [0.1, 0.15) is 88.7 Å². The Morgan fingerprint density at radius 3 is 2.15 bits per heavy atom. The van der Waals surface area contributed by atoms with E-state index in [-0.39, 0.29) is 29.9 Å². The van der Waals surface area contributed by atoms with Crippen LogP contribution in [0, 0.1) is 17.3 Å². The Kier molecular flexibility index (Phi) is 9.49. The molecule has 1 amide bonds. The van der Waals surface area contributed by atoms with Crippen molar-refractivity contribution in [2.45, 2.75) is 86.1 Å². The molecule has 0 atom stereocenters. The van der Waals surface area contributed by atoms with Crippen LogP contribution in [-0.4, -0.2) is 34.3 Å². The molecule has 6 heteroatoms. The number of aromatic nitrogens is 2. The lowest BCUT2D eigenvalue weighted by Gasteiger charge is -2.32. The second-order valence-corrected chi connectivity index (χ2v) is 12.5. The van der Waals surface area contributed by atoms with Gasteiger partial charge in [0.05, 0.1) is 12.3 Å². The summed E-state index contributed by atoms with van der Waals surface area (Å²) >= 11 is 0. The Bertz CT molecular complexity index is 1270. The maximum atomic E-state index is 13.8. The van der Waals surface area contributed by atoms with Crippen molar-refractivity contribution < 1.29 is 14.3 Å². The van der Waals surface area contributed by atoms with Crippen molar-refractivity contribution >= 4 is 17.7 Å². The average molecular weight is 544 g/mol. The number of carbonyl (C=O) groups is 2. The highest BCUT2D eigenvalue weighted by molar-refractivity contribution is 6.02. The van der Waals surface area contributed by atoms with Crippen LogP contribution in [0.15, 0.2) is 60.8 Å². The van der Waals surface area contributed by atoms with Gasteiger partial charge < -0.3 is 4.74 Å². The second kappa shape index (κ2) is 12.8. The summed E-state index contributed by atoms with van der Waals surface area (Å²) in [4.78, 5) is 28.5. The van der Waals surface area contributed by atoms with E-state index in [1.807, 2.05) is 26.0 Å². The Morgan fingerprint density at radius 2 is 1.57 bits per heavy atom. The van der Waals surface area contributed by atoms with Gasteiger partial charge in [0.2, 0.25) is 5.91 Å². The minimum absolute atomic E-state index is 0.0441. The van der Waals surface area contributed by atoms with E-state index in [4.69, 9.17) is 9.84 Å². The zero-order valence-electron chi connectivity index (χ0n) is 25.0. The quantitative estimate of drug-likeness (QED) is 0.250. The summed E-state index contributed by atoms with van der Waals surface area (Å²) in [6, 6.07) is 18.8. The van der Waals surface area contributed by atoms with Crippen LogP contribution in [0.2, 0.25) is 0 Å². The number of amides is 1. The van der Waals surface area contributed by atoms with E-state index in [1.54, 1.807) is 22.7 Å². The number of hydrogen-bond donors (Lipinski definition) is 0. The molecule has 0 bridgehead atoms. The predicted octanol–water partition coefficient (Wildman–Crippen LogP) is 7.43. The molecule has 0 aliphatic heterocycles. The first-order valence-corrected chi connectivity index (χ1v) is 14.8. The highest BCUT2D eigenvalue weighted by Gasteiger charge is 2.34. The van der Waals surface area contributed by atoms with Crippen molar-refractivity contribution in [2.24, 2.45) is 17.3 Å². The molecule has 1 fully saturated rings. The van der Waals surface area contributed by atoms with Crippen LogP contribution in [0.3, 0.4) is 0 Å². The van der Waals surface area contributed by atoms with Crippen LogP contribution in [0.25, 0.3) is 5.69 Å². The third kappa shape index (κ3) is 7.21. The fourth-order valence-electron chi connectivity index (χ4n) is 5.87. The molecule has 0 unspecified atom stereocenters. The van der Waals surface area contributed by atoms with Gasteiger partial charge in [0.25, 0.3) is 0 Å². The SMILES string of the molecule is CCOC(=O)c1cn(-c2ccc(CC(C)(C)Cc3ccccc3)cc2)nc1N(C(=O)[C@H]1CC[C@H](C)CC1)C(C)C. The van der Waals surface area contributed by atoms with Gasteiger partial charge in [-0.15, -0.1) is 5.10 Å². The number of nitrogens with zero attached hydrogens (tertiary/aromatic N) is 3. The van der Waals surface area contributed by atoms with E-state index in [1.165, 1.54) is 11.1 Å². The normalized spacial score (nSPS) is 17.6. The number of ether oxygens (including phenoxy) is 1. The largest absolute Gasteiger partial charge is 0.462 e. The second-order valence-electron chi connectivity index (χ2n) is 12.5. The van der Waals surface area contributed by atoms with Gasteiger partial charge in [-0.1, -0.05) is 63.2 Å². The number of hydrogen-bond acceptors (Lipinski definition) is 4. The van der Waals surface area contributed by atoms with Crippen LogP contribution >= 0.6 is 0 Å². The summed E-state index contributed by atoms with van der Waals surface area (Å²) in [5, 5.41) is 4.82. The predicted molar refractivity (Wildman–Crippen MR) is 161 cm³/mol. The molecular formula is C34H45N3O3. The van der Waals surface area contributed by atoms with E-state index >= 15 is 0 Å². The topological polar surface area (TPSA) is 64.4 Å². The number of rotatable bonds is 10. The van der Waals surface area contributed by atoms with Crippen molar-refractivity contribution in [3.8, 4) is 5.69 Å². The first-order chi connectivity index (χ1) is 19.1. The molecule has 214 valence electrons. The van der Waals surface area contributed by atoms with Crippen molar-refractivity contribution in [3.05, 3.63) is 77.5 Å². The summed E-state index contributed by atoms with van der Waals surface area (Å²) in [5.41, 5.74) is 3.85. The third-order valence-corrected chi connectivity index (χ3v) is 7.95. The first-order valence-electron chi connectivity index (χ1n) is 14.8. The molecular weight excluding hydrogens is 498 g/mol. The van der Waals surface area contributed by atoms with E-state index in [0.29, 0.717) is 17.3 Å². The third-order valence-electron chi connectivity index (χ3n) is 7.95. The molecule has 0 saturated heterocycles. The van der Waals surface area contributed by atoms with Crippen LogP contribution in [0.4, 0.5) is 5.82 Å². The van der Waals surface area contributed by atoms with Gasteiger partial charge in [0.15, 0.2) is 5.82 Å². The fourth-order valence-corrected chi connectivity index (χ4v) is 5.87. The van der Waals surface area contributed by atoms with Crippen LogP contribution in [0.5, 0.6) is 0 Å². The highest BCUT2D eigenvalue weighted by Crippen LogP contribution is 2.33. The summed E-state index contributed by atoms with van der Waals surface area (Å²) < 4.78 is 7.08. The smallest absolute Gasteiger partial charge is 0.343 e. The molecule has 6 nitrogen and oxygen atoms in total. The maximum Gasteiger partial charge on any atom is 0.343 e. The summed E-state index contributed by atoms with van der Waals surface area (Å²) in [5.74, 6) is 0.577. The van der Waals surface area contributed by atoms with Gasteiger partial charge in [0.1, 0.15) is 5.56 Å². The average Bonchev–Trinajstić information content (AvgIpc) is 3.34. The minimum Gasteiger partial charge on any atom is -0.462 e. The van der Waals surface area contributed by atoms with E-state index in [2.05, 4.69) is 63.2 Å². The molecule has 1 aliphatic rings. The molecule has 1 saturated carbocycles. The van der Waals surface area contributed by atoms with Crippen molar-refractivity contribution in [1.29, 1.82) is 0 Å². The molecule has 1 heterocycles. The first kappa shape index (κ1) is 29.6. The Balaban J connectivity index is 1.59. The zero-order chi connectivity index (χ0) is 28.9. The maximum absolute atomic E-state index is 13.8. The standard InChI is InChI=1S/C34H45N3O3/c1-7-40-33(39)30-23-36(35-31(30)37(24(2)3)32(38)28-17-13-25(4)14-18-28)29-19-15-27(16-20-29)22-34(5,6)21-26-11-9-8-10-12-26/h8-12,15-16,19-20,23-25,28H,7,13-14,17-18,21-22H2,1-6H3/t25-,28-. The van der Waals surface area contributed by atoms with Crippen molar-refractivity contribution in [3.63, 3.8) is 0 Å². The molecule has 0 radical (unpaired) electrons. The summed E-state index contributed by atoms with van der Waals surface area (Å²) in [7, 11) is 0. The molecule has 3 aromatic rings. The Hall–Kier alpha value is -3.41. The zero-order valence-corrected chi connectivity index (χ0v) is 25.0. The van der Waals surface area contributed by atoms with E-state index in [9.17, 15) is 9.59 Å². The Morgan fingerprint density at radius 1 is 0.975 bits per heavy atom. The number of carbonyl (C=O) groups excluding carboxylic acids is 2. The molecule has 0 N–H and O–H groups in total. The van der Waals surface area contributed by atoms with Gasteiger partial charge in [-0.05, 0) is 93.9 Å². The van der Waals surface area contributed by atoms with Crippen molar-refractivity contribution in [2.75, 3.05) is 11.5 Å². The van der Waals surface area contributed by atoms with Crippen molar-refractivity contribution in [1.82, 2.24) is 9.78 Å². The molecule has 40 heavy (non-hydrogen) atoms. The number of benzene rings is 2. The number of esters is 1. The Labute approximate surface area is 239 Å².